The number of amides is 3. The van der Waals surface area contributed by atoms with E-state index in [0.29, 0.717) is 56.7 Å². The van der Waals surface area contributed by atoms with Crippen LogP contribution < -0.4 is 0 Å². The first kappa shape index (κ1) is 22.0. The number of aryl methyl sites for hydroxylation is 1. The van der Waals surface area contributed by atoms with E-state index in [1.165, 1.54) is 0 Å². The molecule has 2 aliphatic rings. The van der Waals surface area contributed by atoms with Crippen LogP contribution in [-0.4, -0.2) is 81.3 Å². The number of piperazine rings is 1. The topological polar surface area (TPSA) is 99.9 Å². The van der Waals surface area contributed by atoms with Crippen LogP contribution in [0.25, 0.3) is 11.4 Å². The molecular weight excluding hydrogens is 410 g/mol. The van der Waals surface area contributed by atoms with Gasteiger partial charge in [-0.25, -0.2) is 0 Å². The number of benzene rings is 1. The van der Waals surface area contributed by atoms with E-state index in [4.69, 9.17) is 4.52 Å². The maximum Gasteiger partial charge on any atom is 0.245 e. The fourth-order valence-electron chi connectivity index (χ4n) is 4.31. The second-order valence-corrected chi connectivity index (χ2v) is 8.76. The zero-order chi connectivity index (χ0) is 22.7. The molecule has 1 unspecified atom stereocenters. The molecule has 170 valence electrons. The summed E-state index contributed by atoms with van der Waals surface area (Å²) in [5.74, 6) is 1.13. The average molecular weight is 440 g/mol. The first-order valence-corrected chi connectivity index (χ1v) is 11.2. The molecule has 1 atom stereocenters. The van der Waals surface area contributed by atoms with Crippen LogP contribution in [0.1, 0.15) is 32.6 Å². The van der Waals surface area contributed by atoms with Gasteiger partial charge in [-0.2, -0.15) is 4.98 Å². The summed E-state index contributed by atoms with van der Waals surface area (Å²) in [6, 6.07) is 9.05. The number of carbonyl (C=O) groups is 3. The summed E-state index contributed by atoms with van der Waals surface area (Å²) in [4.78, 5) is 47.8. The lowest BCUT2D eigenvalue weighted by atomic mass is 10.1. The molecule has 3 heterocycles. The van der Waals surface area contributed by atoms with Gasteiger partial charge in [0, 0.05) is 44.6 Å². The molecule has 2 saturated heterocycles. The van der Waals surface area contributed by atoms with Crippen LogP contribution in [0.5, 0.6) is 0 Å². The predicted molar refractivity (Wildman–Crippen MR) is 116 cm³/mol. The maximum atomic E-state index is 12.9. The highest BCUT2D eigenvalue weighted by Gasteiger charge is 2.41. The smallest absolute Gasteiger partial charge is 0.245 e. The van der Waals surface area contributed by atoms with Gasteiger partial charge in [0.05, 0.1) is 6.54 Å². The first-order valence-electron chi connectivity index (χ1n) is 11.2. The molecule has 0 bridgehead atoms. The van der Waals surface area contributed by atoms with E-state index >= 15 is 0 Å². The van der Waals surface area contributed by atoms with Crippen molar-refractivity contribution < 1.29 is 18.9 Å². The lowest BCUT2D eigenvalue weighted by molar-refractivity contribution is -0.156. The highest BCUT2D eigenvalue weighted by atomic mass is 16.5. The number of hydrogen-bond acceptors (Lipinski definition) is 6. The quantitative estimate of drug-likeness (QED) is 0.678. The van der Waals surface area contributed by atoms with Crippen molar-refractivity contribution in [3.8, 4) is 11.4 Å². The monoisotopic (exact) mass is 439 g/mol. The highest BCUT2D eigenvalue weighted by molar-refractivity contribution is 5.95. The molecule has 2 aromatic rings. The lowest BCUT2D eigenvalue weighted by Crippen LogP contribution is -2.60. The number of carbonyl (C=O) groups excluding carboxylic acids is 3. The van der Waals surface area contributed by atoms with Gasteiger partial charge in [0.15, 0.2) is 0 Å². The number of rotatable bonds is 6. The van der Waals surface area contributed by atoms with Gasteiger partial charge < -0.3 is 19.2 Å². The third kappa shape index (κ3) is 4.81. The van der Waals surface area contributed by atoms with Gasteiger partial charge >= 0.3 is 0 Å². The van der Waals surface area contributed by atoms with Crippen LogP contribution in [0.2, 0.25) is 0 Å². The average Bonchev–Trinajstić information content (AvgIpc) is 3.13. The second-order valence-electron chi connectivity index (χ2n) is 8.76. The molecular formula is C23H29N5O4. The van der Waals surface area contributed by atoms with Crippen molar-refractivity contribution in [2.45, 2.75) is 39.2 Å². The zero-order valence-corrected chi connectivity index (χ0v) is 18.6. The minimum atomic E-state index is -0.475. The molecule has 9 heteroatoms. The number of fused-ring (bicyclic) bond motifs is 1. The summed E-state index contributed by atoms with van der Waals surface area (Å²) < 4.78 is 5.30. The molecule has 1 aromatic carbocycles. The lowest BCUT2D eigenvalue weighted by Gasteiger charge is -2.39. The molecule has 32 heavy (non-hydrogen) atoms. The van der Waals surface area contributed by atoms with Crippen molar-refractivity contribution in [3.05, 3.63) is 36.2 Å². The third-order valence-corrected chi connectivity index (χ3v) is 5.89. The van der Waals surface area contributed by atoms with E-state index in [0.717, 1.165) is 5.56 Å². The number of nitrogens with zero attached hydrogens (tertiary/aromatic N) is 5. The van der Waals surface area contributed by atoms with Gasteiger partial charge in [0.25, 0.3) is 0 Å². The van der Waals surface area contributed by atoms with E-state index < -0.39 is 6.04 Å². The number of hydrogen-bond donors (Lipinski definition) is 0. The summed E-state index contributed by atoms with van der Waals surface area (Å²) in [5, 5.41) is 3.99. The van der Waals surface area contributed by atoms with E-state index in [2.05, 4.69) is 10.1 Å². The summed E-state index contributed by atoms with van der Waals surface area (Å²) in [6.45, 7) is 6.03. The van der Waals surface area contributed by atoms with Crippen molar-refractivity contribution in [2.24, 2.45) is 5.92 Å². The van der Waals surface area contributed by atoms with Crippen LogP contribution >= 0.6 is 0 Å². The van der Waals surface area contributed by atoms with Gasteiger partial charge in [-0.15, -0.1) is 0 Å². The van der Waals surface area contributed by atoms with Gasteiger partial charge in [-0.3, -0.25) is 14.4 Å². The summed E-state index contributed by atoms with van der Waals surface area (Å²) in [6.07, 6.45) is 1.05. The van der Waals surface area contributed by atoms with Crippen molar-refractivity contribution in [3.63, 3.8) is 0 Å². The Balaban J connectivity index is 1.33. The molecule has 3 amide bonds. The Morgan fingerprint density at radius 1 is 1.16 bits per heavy atom. The van der Waals surface area contributed by atoms with Gasteiger partial charge in [0.2, 0.25) is 29.4 Å². The normalized spacial score (nSPS) is 19.3. The van der Waals surface area contributed by atoms with Crippen LogP contribution in [0.4, 0.5) is 0 Å². The first-order chi connectivity index (χ1) is 15.4. The van der Waals surface area contributed by atoms with E-state index in [9.17, 15) is 14.4 Å². The van der Waals surface area contributed by atoms with Crippen molar-refractivity contribution in [2.75, 3.05) is 32.7 Å². The molecule has 0 radical (unpaired) electrons. The maximum absolute atomic E-state index is 12.9. The molecule has 0 aliphatic carbocycles. The number of aromatic nitrogens is 2. The molecule has 4 rings (SSSR count). The largest absolute Gasteiger partial charge is 0.341 e. The van der Waals surface area contributed by atoms with E-state index in [1.807, 2.05) is 44.2 Å². The molecule has 2 fully saturated rings. The third-order valence-electron chi connectivity index (χ3n) is 5.89. The van der Waals surface area contributed by atoms with Crippen LogP contribution in [0.15, 0.2) is 34.9 Å². The Morgan fingerprint density at radius 2 is 1.94 bits per heavy atom. The van der Waals surface area contributed by atoms with Crippen molar-refractivity contribution >= 4 is 17.7 Å². The molecule has 0 saturated carbocycles. The minimum Gasteiger partial charge on any atom is -0.341 e. The van der Waals surface area contributed by atoms with Gasteiger partial charge in [-0.05, 0) is 12.3 Å². The Morgan fingerprint density at radius 3 is 2.69 bits per heavy atom. The molecule has 9 nitrogen and oxygen atoms in total. The van der Waals surface area contributed by atoms with Crippen molar-refractivity contribution in [1.82, 2.24) is 24.8 Å². The minimum absolute atomic E-state index is 0.00750. The summed E-state index contributed by atoms with van der Waals surface area (Å²) in [7, 11) is 0. The standard InChI is InChI=1S/C23H29N5O4/c1-16(2)14-27-15-21(30)28-13-12-26(11-10-18(28)23(27)31)20(29)9-8-19-24-22(25-32-19)17-6-4-3-5-7-17/h3-7,16,18H,8-15H2,1-2H3. The Labute approximate surface area is 187 Å². The van der Waals surface area contributed by atoms with Crippen LogP contribution in [-0.2, 0) is 20.8 Å². The van der Waals surface area contributed by atoms with Crippen molar-refractivity contribution in [1.29, 1.82) is 0 Å². The zero-order valence-electron chi connectivity index (χ0n) is 18.6. The Hall–Kier alpha value is -3.23. The van der Waals surface area contributed by atoms with Crippen LogP contribution in [0.3, 0.4) is 0 Å². The summed E-state index contributed by atoms with van der Waals surface area (Å²) in [5.41, 5.74) is 0.860. The Kier molecular flexibility index (Phi) is 6.53. The molecule has 0 spiro atoms. The molecule has 0 N–H and O–H groups in total. The molecule has 1 aromatic heterocycles. The SMILES string of the molecule is CC(C)CN1CC(=O)N2CCN(C(=O)CCc3nc(-c4ccccc4)no3)CCC2C1=O. The van der Waals surface area contributed by atoms with Gasteiger partial charge in [-0.1, -0.05) is 49.3 Å². The molecule has 2 aliphatic heterocycles. The fraction of sp³-hybridized carbons (Fsp3) is 0.522. The van der Waals surface area contributed by atoms with Gasteiger partial charge in [0.1, 0.15) is 6.04 Å². The van der Waals surface area contributed by atoms with E-state index in [-0.39, 0.29) is 30.7 Å². The highest BCUT2D eigenvalue weighted by Crippen LogP contribution is 2.21. The Bertz CT molecular complexity index is 974. The second kappa shape index (κ2) is 9.50. The van der Waals surface area contributed by atoms with E-state index in [1.54, 1.807) is 14.7 Å². The van der Waals surface area contributed by atoms with Crippen LogP contribution in [0, 0.1) is 5.92 Å². The summed E-state index contributed by atoms with van der Waals surface area (Å²) >= 11 is 0. The fourth-order valence-corrected chi connectivity index (χ4v) is 4.31. The predicted octanol–water partition coefficient (Wildman–Crippen LogP) is 1.60.